The molecular weight excluding hydrogens is 557 g/mol. The van der Waals surface area contributed by atoms with Gasteiger partial charge in [-0.1, -0.05) is 12.1 Å². The van der Waals surface area contributed by atoms with Gasteiger partial charge in [-0.3, -0.25) is 19.1 Å². The monoisotopic (exact) mass is 577 g/mol. The molecule has 0 aliphatic carbocycles. The molecule has 4 aromatic rings. The molecule has 0 fully saturated rings. The number of carbonyl (C=O) groups excluding carboxylic acids is 1. The van der Waals surface area contributed by atoms with Crippen LogP contribution in [0.1, 0.15) is 38.3 Å². The van der Waals surface area contributed by atoms with E-state index >= 15 is 0 Å². The van der Waals surface area contributed by atoms with Gasteiger partial charge in [-0.2, -0.15) is 9.65 Å². The summed E-state index contributed by atoms with van der Waals surface area (Å²) >= 11 is 3.12. The average Bonchev–Trinajstić information content (AvgIpc) is 2.90. The Morgan fingerprint density at radius 1 is 1.16 bits per heavy atom. The summed E-state index contributed by atoms with van der Waals surface area (Å²) in [5.74, 6) is -0.510. The van der Waals surface area contributed by atoms with E-state index in [-0.39, 0.29) is 33.7 Å². The first-order valence-electron chi connectivity index (χ1n) is 11.3. The first-order chi connectivity index (χ1) is 18.2. The molecular formula is C27H21BrFN5O4. The number of ketones is 1. The number of hydrogen-bond donors (Lipinski definition) is 2. The van der Waals surface area contributed by atoms with Crippen LogP contribution in [0, 0.1) is 24.2 Å². The molecule has 2 N–H and O–H groups in total. The number of anilines is 1. The summed E-state index contributed by atoms with van der Waals surface area (Å²) in [7, 11) is 1.57. The van der Waals surface area contributed by atoms with E-state index < -0.39 is 23.0 Å². The molecule has 4 rings (SSSR count). The van der Waals surface area contributed by atoms with E-state index in [0.29, 0.717) is 23.4 Å². The number of pyridine rings is 1. The van der Waals surface area contributed by atoms with Gasteiger partial charge in [0.2, 0.25) is 11.7 Å². The van der Waals surface area contributed by atoms with Crippen LogP contribution in [0.4, 0.5) is 10.2 Å². The maximum absolute atomic E-state index is 14.4. The largest absolute Gasteiger partial charge is 0.497 e. The molecule has 0 spiro atoms. The van der Waals surface area contributed by atoms with Crippen molar-refractivity contribution in [2.45, 2.75) is 20.0 Å². The van der Waals surface area contributed by atoms with Gasteiger partial charge in [0, 0.05) is 12.1 Å². The highest BCUT2D eigenvalue weighted by atomic mass is 79.9. The predicted molar refractivity (Wildman–Crippen MR) is 142 cm³/mol. The Labute approximate surface area is 224 Å². The van der Waals surface area contributed by atoms with E-state index in [1.165, 1.54) is 6.07 Å². The summed E-state index contributed by atoms with van der Waals surface area (Å²) in [5, 5.41) is 12.3. The van der Waals surface area contributed by atoms with E-state index in [4.69, 9.17) is 4.74 Å². The van der Waals surface area contributed by atoms with Crippen LogP contribution in [0.3, 0.4) is 0 Å². The third kappa shape index (κ3) is 5.87. The first kappa shape index (κ1) is 26.5. The number of aromatic amines is 1. The number of rotatable bonds is 8. The Kier molecular flexibility index (Phi) is 7.83. The van der Waals surface area contributed by atoms with E-state index in [1.54, 1.807) is 44.4 Å². The molecule has 0 saturated heterocycles. The fourth-order valence-electron chi connectivity index (χ4n) is 3.89. The molecule has 192 valence electrons. The second kappa shape index (κ2) is 11.2. The second-order valence-corrected chi connectivity index (χ2v) is 9.21. The molecule has 0 atom stereocenters. The van der Waals surface area contributed by atoms with Gasteiger partial charge in [-0.25, -0.2) is 9.78 Å². The number of carbonyl (C=O) groups is 1. The lowest BCUT2D eigenvalue weighted by atomic mass is 10.0. The number of aromatic nitrogens is 3. The highest BCUT2D eigenvalue weighted by Gasteiger charge is 2.22. The maximum atomic E-state index is 14.4. The van der Waals surface area contributed by atoms with Crippen LogP contribution in [0.5, 0.6) is 5.75 Å². The number of hydrogen-bond acceptors (Lipinski definition) is 7. The van der Waals surface area contributed by atoms with Crippen molar-refractivity contribution < 1.29 is 13.9 Å². The topological polar surface area (TPSA) is 130 Å². The molecule has 2 aromatic heterocycles. The van der Waals surface area contributed by atoms with E-state index in [0.717, 1.165) is 16.2 Å². The molecule has 2 aromatic carbocycles. The van der Waals surface area contributed by atoms with Crippen LogP contribution in [-0.2, 0) is 13.1 Å². The van der Waals surface area contributed by atoms with Crippen LogP contribution >= 0.6 is 15.9 Å². The van der Waals surface area contributed by atoms with Gasteiger partial charge >= 0.3 is 5.69 Å². The van der Waals surface area contributed by atoms with Crippen molar-refractivity contribution in [2.24, 2.45) is 0 Å². The third-order valence-electron chi connectivity index (χ3n) is 5.65. The third-order valence-corrected chi connectivity index (χ3v) is 6.39. The van der Waals surface area contributed by atoms with Gasteiger partial charge in [-0.15, -0.1) is 0 Å². The van der Waals surface area contributed by atoms with Crippen molar-refractivity contribution in [3.05, 3.63) is 119 Å². The molecule has 0 saturated carbocycles. The predicted octanol–water partition coefficient (Wildman–Crippen LogP) is 3.91. The van der Waals surface area contributed by atoms with Crippen molar-refractivity contribution in [3.63, 3.8) is 0 Å². The number of nitrogens with one attached hydrogen (secondary N) is 2. The van der Waals surface area contributed by atoms with Gasteiger partial charge in [-0.05, 0) is 82.0 Å². The summed E-state index contributed by atoms with van der Waals surface area (Å²) in [6.45, 7) is 1.84. The highest BCUT2D eigenvalue weighted by Crippen LogP contribution is 2.20. The van der Waals surface area contributed by atoms with Gasteiger partial charge in [0.05, 0.1) is 25.3 Å². The van der Waals surface area contributed by atoms with Gasteiger partial charge in [0.25, 0.3) is 5.56 Å². The minimum absolute atomic E-state index is 0.128. The number of aryl methyl sites for hydroxylation is 1. The van der Waals surface area contributed by atoms with Crippen LogP contribution in [0.15, 0.2) is 68.7 Å². The number of benzene rings is 2. The molecule has 0 radical (unpaired) electrons. The van der Waals surface area contributed by atoms with Crippen molar-refractivity contribution in [1.82, 2.24) is 14.5 Å². The SMILES string of the molecule is COc1ccc(CNc2cc(Cn3c(C(=O)c4cc(C)cc(C#N)c4)c(Br)c(=O)[nH]c3=O)cc(F)n2)cc1. The number of H-pyrrole nitrogens is 1. The summed E-state index contributed by atoms with van der Waals surface area (Å²) in [6, 6.07) is 16.5. The quantitative estimate of drug-likeness (QED) is 0.240. The zero-order valence-corrected chi connectivity index (χ0v) is 21.9. The second-order valence-electron chi connectivity index (χ2n) is 8.42. The fraction of sp³-hybridized carbons (Fsp3) is 0.148. The molecule has 11 heteroatoms. The van der Waals surface area contributed by atoms with Crippen LogP contribution in [0.25, 0.3) is 0 Å². The Balaban J connectivity index is 1.69. The Bertz CT molecular complexity index is 1690. The number of nitrogens with zero attached hydrogens (tertiary/aromatic N) is 3. The van der Waals surface area contributed by atoms with Crippen molar-refractivity contribution >= 4 is 27.5 Å². The molecule has 0 aliphatic heterocycles. The lowest BCUT2D eigenvalue weighted by molar-refractivity contribution is 0.102. The van der Waals surface area contributed by atoms with Gasteiger partial charge in [0.1, 0.15) is 21.7 Å². The molecule has 0 aliphatic rings. The summed E-state index contributed by atoms with van der Waals surface area (Å²) in [6.07, 6.45) is 0. The number of methoxy groups -OCH3 is 1. The van der Waals surface area contributed by atoms with Crippen molar-refractivity contribution in [2.75, 3.05) is 12.4 Å². The van der Waals surface area contributed by atoms with Gasteiger partial charge in [0.15, 0.2) is 0 Å². The van der Waals surface area contributed by atoms with E-state index in [9.17, 15) is 24.0 Å². The fourth-order valence-corrected chi connectivity index (χ4v) is 4.38. The Morgan fingerprint density at radius 3 is 2.58 bits per heavy atom. The van der Waals surface area contributed by atoms with Crippen molar-refractivity contribution in [1.29, 1.82) is 5.26 Å². The normalized spacial score (nSPS) is 10.6. The smallest absolute Gasteiger partial charge is 0.329 e. The first-order valence-corrected chi connectivity index (χ1v) is 12.1. The zero-order chi connectivity index (χ0) is 27.4. The van der Waals surface area contributed by atoms with E-state index in [2.05, 4.69) is 31.2 Å². The molecule has 0 amide bonds. The highest BCUT2D eigenvalue weighted by molar-refractivity contribution is 9.10. The lowest BCUT2D eigenvalue weighted by Gasteiger charge is -2.15. The van der Waals surface area contributed by atoms with Crippen LogP contribution in [0.2, 0.25) is 0 Å². The minimum atomic E-state index is -0.848. The number of nitriles is 1. The minimum Gasteiger partial charge on any atom is -0.497 e. The lowest BCUT2D eigenvalue weighted by Crippen LogP contribution is -2.35. The summed E-state index contributed by atoms with van der Waals surface area (Å²) in [4.78, 5) is 44.7. The van der Waals surface area contributed by atoms with Gasteiger partial charge < -0.3 is 10.1 Å². The molecule has 38 heavy (non-hydrogen) atoms. The average molecular weight is 578 g/mol. The summed E-state index contributed by atoms with van der Waals surface area (Å²) in [5.41, 5.74) is 0.416. The Hall–Kier alpha value is -4.56. The number of halogens is 2. The molecule has 9 nitrogen and oxygen atoms in total. The number of ether oxygens (including phenoxy) is 1. The Morgan fingerprint density at radius 2 is 1.89 bits per heavy atom. The standard InChI is InChI=1S/C27H21BrFN5O4/c1-15-7-17(12-30)9-19(8-15)25(35)24-23(28)26(36)33-27(37)34(24)14-18-10-21(29)32-22(11-18)31-13-16-3-5-20(38-2)6-4-16/h3-11H,13-14H2,1-2H3,(H,31,32)(H,33,36,37). The zero-order valence-electron chi connectivity index (χ0n) is 20.3. The molecule has 0 unspecified atom stereocenters. The molecule has 2 heterocycles. The van der Waals surface area contributed by atoms with E-state index in [1.807, 2.05) is 18.2 Å². The maximum Gasteiger partial charge on any atom is 0.329 e. The van der Waals surface area contributed by atoms with Crippen molar-refractivity contribution in [3.8, 4) is 11.8 Å². The van der Waals surface area contributed by atoms with Crippen LogP contribution in [-0.4, -0.2) is 27.4 Å². The summed E-state index contributed by atoms with van der Waals surface area (Å²) < 4.78 is 20.5. The van der Waals surface area contributed by atoms with Crippen LogP contribution < -0.4 is 21.3 Å². The molecule has 0 bridgehead atoms.